The van der Waals surface area contributed by atoms with Gasteiger partial charge in [0.15, 0.2) is 0 Å². The molecular formula is C13H15N3O. The topological polar surface area (TPSA) is 56.1 Å². The van der Waals surface area contributed by atoms with Gasteiger partial charge in [0.05, 0.1) is 23.0 Å². The molecule has 1 aromatic carbocycles. The molecule has 0 radical (unpaired) electrons. The zero-order chi connectivity index (χ0) is 12.6. The van der Waals surface area contributed by atoms with Crippen LogP contribution in [0.1, 0.15) is 19.4 Å². The van der Waals surface area contributed by atoms with Gasteiger partial charge >= 0.3 is 0 Å². The summed E-state index contributed by atoms with van der Waals surface area (Å²) in [7, 11) is 1.77. The number of hydrogen-bond donors (Lipinski definition) is 1. The number of fused-ring (bicyclic) bond motifs is 1. The molecule has 17 heavy (non-hydrogen) atoms. The third-order valence-corrected chi connectivity index (χ3v) is 3.06. The number of hydrogen-bond acceptors (Lipinski definition) is 3. The van der Waals surface area contributed by atoms with Crippen LogP contribution in [-0.2, 0) is 4.79 Å². The molecule has 1 unspecified atom stereocenters. The van der Waals surface area contributed by atoms with Gasteiger partial charge < -0.3 is 10.2 Å². The fourth-order valence-electron chi connectivity index (χ4n) is 2.02. The number of likely N-dealkylation sites (N-methyl/N-ethyl adjacent to an activating group) is 1. The monoisotopic (exact) mass is 229 g/mol. The van der Waals surface area contributed by atoms with E-state index in [0.717, 1.165) is 11.4 Å². The Hall–Kier alpha value is -2.02. The standard InChI is InChI=1S/C13H15N3O/c1-8(2)12-13(17)16(3)11-5-4-9(7-14)6-10(11)15-12/h4-6,8,12,15H,1-3H3. The molecule has 2 rings (SSSR count). The molecule has 0 spiro atoms. The summed E-state index contributed by atoms with van der Waals surface area (Å²) in [5.41, 5.74) is 2.28. The lowest BCUT2D eigenvalue weighted by Gasteiger charge is -2.34. The lowest BCUT2D eigenvalue weighted by Crippen LogP contribution is -2.47. The summed E-state index contributed by atoms with van der Waals surface area (Å²) in [4.78, 5) is 13.7. The Balaban J connectivity index is 2.46. The normalized spacial score (nSPS) is 18.6. The van der Waals surface area contributed by atoms with Crippen molar-refractivity contribution in [2.24, 2.45) is 5.92 Å². The van der Waals surface area contributed by atoms with Crippen LogP contribution in [0.2, 0.25) is 0 Å². The lowest BCUT2D eigenvalue weighted by atomic mass is 9.99. The van der Waals surface area contributed by atoms with E-state index in [0.29, 0.717) is 5.56 Å². The minimum absolute atomic E-state index is 0.0669. The van der Waals surface area contributed by atoms with Gasteiger partial charge in [-0.05, 0) is 24.1 Å². The fraction of sp³-hybridized carbons (Fsp3) is 0.385. The first-order valence-electron chi connectivity index (χ1n) is 5.63. The maximum absolute atomic E-state index is 12.1. The summed E-state index contributed by atoms with van der Waals surface area (Å²) < 4.78 is 0. The van der Waals surface area contributed by atoms with Gasteiger partial charge in [-0.25, -0.2) is 0 Å². The number of carbonyl (C=O) groups excluding carboxylic acids is 1. The first kappa shape index (κ1) is 11.5. The second-order valence-electron chi connectivity index (χ2n) is 4.61. The predicted octanol–water partition coefficient (Wildman–Crippen LogP) is 1.97. The van der Waals surface area contributed by atoms with Gasteiger partial charge in [0, 0.05) is 7.05 Å². The number of nitrogens with zero attached hydrogens (tertiary/aromatic N) is 2. The zero-order valence-corrected chi connectivity index (χ0v) is 10.2. The van der Waals surface area contributed by atoms with Crippen molar-refractivity contribution < 1.29 is 4.79 Å². The van der Waals surface area contributed by atoms with Gasteiger partial charge in [-0.15, -0.1) is 0 Å². The Labute approximate surface area is 101 Å². The number of rotatable bonds is 1. The summed E-state index contributed by atoms with van der Waals surface area (Å²) in [5, 5.41) is 12.1. The molecule has 0 aromatic heterocycles. The molecule has 4 nitrogen and oxygen atoms in total. The Morgan fingerprint density at radius 3 is 2.76 bits per heavy atom. The molecule has 0 saturated carbocycles. The van der Waals surface area contributed by atoms with E-state index < -0.39 is 0 Å². The van der Waals surface area contributed by atoms with Crippen molar-refractivity contribution in [3.63, 3.8) is 0 Å². The van der Waals surface area contributed by atoms with Crippen molar-refractivity contribution in [3.05, 3.63) is 23.8 Å². The third kappa shape index (κ3) is 1.84. The molecule has 0 bridgehead atoms. The molecule has 1 aliphatic heterocycles. The van der Waals surface area contributed by atoms with Crippen molar-refractivity contribution in [3.8, 4) is 6.07 Å². The van der Waals surface area contributed by atoms with Crippen LogP contribution in [0.4, 0.5) is 11.4 Å². The van der Waals surface area contributed by atoms with E-state index in [4.69, 9.17) is 5.26 Å². The summed E-state index contributed by atoms with van der Waals surface area (Å²) >= 11 is 0. The van der Waals surface area contributed by atoms with Gasteiger partial charge in [-0.2, -0.15) is 5.26 Å². The van der Waals surface area contributed by atoms with Gasteiger partial charge in [-0.3, -0.25) is 4.79 Å². The summed E-state index contributed by atoms with van der Waals surface area (Å²) in [6.07, 6.45) is 0. The van der Waals surface area contributed by atoms with E-state index >= 15 is 0 Å². The number of anilines is 2. The Kier molecular flexibility index (Phi) is 2.76. The van der Waals surface area contributed by atoms with Crippen molar-refractivity contribution in [1.82, 2.24) is 0 Å². The third-order valence-electron chi connectivity index (χ3n) is 3.06. The average molecular weight is 229 g/mol. The molecule has 88 valence electrons. The minimum Gasteiger partial charge on any atom is -0.372 e. The van der Waals surface area contributed by atoms with Crippen LogP contribution in [0, 0.1) is 17.2 Å². The van der Waals surface area contributed by atoms with Crippen LogP contribution >= 0.6 is 0 Å². The van der Waals surface area contributed by atoms with Crippen LogP contribution in [-0.4, -0.2) is 19.0 Å². The molecule has 0 aliphatic carbocycles. The highest BCUT2D eigenvalue weighted by Gasteiger charge is 2.32. The van der Waals surface area contributed by atoms with Crippen LogP contribution in [0.15, 0.2) is 18.2 Å². The van der Waals surface area contributed by atoms with E-state index in [1.807, 2.05) is 13.8 Å². The Morgan fingerprint density at radius 2 is 2.18 bits per heavy atom. The molecule has 1 N–H and O–H groups in total. The largest absolute Gasteiger partial charge is 0.372 e. The molecule has 4 heteroatoms. The van der Waals surface area contributed by atoms with Gasteiger partial charge in [0.2, 0.25) is 5.91 Å². The second-order valence-corrected chi connectivity index (χ2v) is 4.61. The molecule has 0 saturated heterocycles. The maximum atomic E-state index is 12.1. The number of carbonyl (C=O) groups is 1. The van der Waals surface area contributed by atoms with Crippen LogP contribution in [0.3, 0.4) is 0 Å². The van der Waals surface area contributed by atoms with E-state index in [-0.39, 0.29) is 17.9 Å². The molecule has 1 aromatic rings. The van der Waals surface area contributed by atoms with Crippen molar-refractivity contribution in [2.75, 3.05) is 17.3 Å². The van der Waals surface area contributed by atoms with Crippen LogP contribution in [0.5, 0.6) is 0 Å². The van der Waals surface area contributed by atoms with Crippen LogP contribution < -0.4 is 10.2 Å². The Bertz CT molecular complexity index is 502. The smallest absolute Gasteiger partial charge is 0.249 e. The first-order chi connectivity index (χ1) is 8.04. The second kappa shape index (κ2) is 4.10. The van der Waals surface area contributed by atoms with E-state index in [2.05, 4.69) is 11.4 Å². The fourth-order valence-corrected chi connectivity index (χ4v) is 2.02. The van der Waals surface area contributed by atoms with E-state index in [1.165, 1.54) is 0 Å². The highest BCUT2D eigenvalue weighted by Crippen LogP contribution is 2.32. The summed E-state index contributed by atoms with van der Waals surface area (Å²) in [6, 6.07) is 7.19. The minimum atomic E-state index is -0.221. The molecule has 1 aliphatic rings. The maximum Gasteiger partial charge on any atom is 0.249 e. The molecule has 1 amide bonds. The average Bonchev–Trinajstić information content (AvgIpc) is 2.32. The lowest BCUT2D eigenvalue weighted by molar-refractivity contribution is -0.120. The highest BCUT2D eigenvalue weighted by molar-refractivity contribution is 6.04. The summed E-state index contributed by atoms with van der Waals surface area (Å²) in [6.45, 7) is 4.01. The number of nitriles is 1. The predicted molar refractivity (Wildman–Crippen MR) is 66.8 cm³/mol. The van der Waals surface area contributed by atoms with Crippen LogP contribution in [0.25, 0.3) is 0 Å². The quantitative estimate of drug-likeness (QED) is 0.801. The number of amides is 1. The number of nitrogens with one attached hydrogen (secondary N) is 1. The van der Waals surface area contributed by atoms with Crippen molar-refractivity contribution in [1.29, 1.82) is 5.26 Å². The van der Waals surface area contributed by atoms with E-state index in [1.54, 1.807) is 30.1 Å². The summed E-state index contributed by atoms with van der Waals surface area (Å²) in [5.74, 6) is 0.279. The van der Waals surface area contributed by atoms with Crippen molar-refractivity contribution >= 4 is 17.3 Å². The van der Waals surface area contributed by atoms with Gasteiger partial charge in [-0.1, -0.05) is 13.8 Å². The molecule has 1 heterocycles. The molecule has 1 atom stereocenters. The van der Waals surface area contributed by atoms with Gasteiger partial charge in [0.1, 0.15) is 6.04 Å². The molecule has 0 fully saturated rings. The van der Waals surface area contributed by atoms with Gasteiger partial charge in [0.25, 0.3) is 0 Å². The highest BCUT2D eigenvalue weighted by atomic mass is 16.2. The Morgan fingerprint density at radius 1 is 1.47 bits per heavy atom. The van der Waals surface area contributed by atoms with Crippen molar-refractivity contribution in [2.45, 2.75) is 19.9 Å². The zero-order valence-electron chi connectivity index (χ0n) is 10.2. The van der Waals surface area contributed by atoms with E-state index in [9.17, 15) is 4.79 Å². The molecular weight excluding hydrogens is 214 g/mol. The SMILES string of the molecule is CC(C)C1Nc2cc(C#N)ccc2N(C)C1=O. The number of benzene rings is 1. The first-order valence-corrected chi connectivity index (χ1v) is 5.63.